The number of carbonyl (C=O) groups is 1. The first kappa shape index (κ1) is 29.5. The maximum absolute atomic E-state index is 12.0. The average Bonchev–Trinajstić information content (AvgIpc) is 3.54. The fourth-order valence-corrected chi connectivity index (χ4v) is 4.34. The summed E-state index contributed by atoms with van der Waals surface area (Å²) in [6.07, 6.45) is -0.193. The summed E-state index contributed by atoms with van der Waals surface area (Å²) in [5.41, 5.74) is 8.69. The Morgan fingerprint density at radius 3 is 2.54 bits per heavy atom. The number of hydrogen-bond donors (Lipinski definition) is 4. The highest BCUT2D eigenvalue weighted by molar-refractivity contribution is 7.89. The van der Waals surface area contributed by atoms with Crippen LogP contribution in [0.1, 0.15) is 24.0 Å². The summed E-state index contributed by atoms with van der Waals surface area (Å²) in [4.78, 5) is 15.4. The van der Waals surface area contributed by atoms with E-state index in [0.29, 0.717) is 47.4 Å². The van der Waals surface area contributed by atoms with Crippen LogP contribution in [0.2, 0.25) is 0 Å². The van der Waals surface area contributed by atoms with Crippen LogP contribution in [-0.2, 0) is 20.4 Å². The molecule has 2 aromatic heterocycles. The molecule has 0 atom stereocenters. The number of likely N-dealkylation sites (N-methyl/N-ethyl adjacent to an activating group) is 1. The van der Waals surface area contributed by atoms with E-state index in [0.717, 1.165) is 24.3 Å². The minimum atomic E-state index is -5.08. The Kier molecular flexibility index (Phi) is 8.87. The second-order valence-electron chi connectivity index (χ2n) is 8.90. The number of carboxylic acid groups (broad SMARTS) is 1. The number of nitrogens with one attached hydrogen (secondary N) is 2. The quantitative estimate of drug-likeness (QED) is 0.298. The number of sulfone groups is 1. The van der Waals surface area contributed by atoms with Crippen molar-refractivity contribution in [2.24, 2.45) is 5.73 Å². The monoisotopic (exact) mass is 568 g/mol. The number of hydrogen-bond acceptors (Lipinski definition) is 10. The molecule has 12 nitrogen and oxygen atoms in total. The molecule has 0 aliphatic heterocycles. The predicted octanol–water partition coefficient (Wildman–Crippen LogP) is 2.49. The highest BCUT2D eigenvalue weighted by Gasteiger charge is 2.38. The molecule has 4 rings (SSSR count). The lowest BCUT2D eigenvalue weighted by Gasteiger charge is -2.22. The molecule has 5 N–H and O–H groups in total. The van der Waals surface area contributed by atoms with E-state index in [2.05, 4.69) is 26.8 Å². The van der Waals surface area contributed by atoms with Crippen molar-refractivity contribution in [3.8, 4) is 6.07 Å². The molecular weight excluding hydrogens is 541 g/mol. The van der Waals surface area contributed by atoms with Crippen LogP contribution in [0.3, 0.4) is 0 Å². The zero-order chi connectivity index (χ0) is 29.0. The molecule has 0 amide bonds. The van der Waals surface area contributed by atoms with Crippen molar-refractivity contribution in [1.82, 2.24) is 14.6 Å². The zero-order valence-corrected chi connectivity index (χ0v) is 21.8. The molecule has 0 saturated heterocycles. The molecule has 39 heavy (non-hydrogen) atoms. The van der Waals surface area contributed by atoms with E-state index in [-0.39, 0.29) is 5.75 Å². The summed E-state index contributed by atoms with van der Waals surface area (Å²) < 4.78 is 57.4. The first-order chi connectivity index (χ1) is 18.2. The maximum Gasteiger partial charge on any atom is 0.490 e. The maximum atomic E-state index is 12.0. The van der Waals surface area contributed by atoms with E-state index in [1.807, 2.05) is 36.2 Å². The average molecular weight is 569 g/mol. The van der Waals surface area contributed by atoms with Crippen LogP contribution >= 0.6 is 0 Å². The van der Waals surface area contributed by atoms with Gasteiger partial charge in [0.1, 0.15) is 23.3 Å². The SMILES string of the molecule is CN(CCN)c1ccc(Nc2cc(NC3CC3)n3ncc(C#N)c3n2)cc1CS(C)(=O)=O.O=C(O)C(F)(F)F. The summed E-state index contributed by atoms with van der Waals surface area (Å²) in [5.74, 6) is -1.56. The van der Waals surface area contributed by atoms with E-state index in [4.69, 9.17) is 15.6 Å². The van der Waals surface area contributed by atoms with Crippen LogP contribution in [0.4, 0.5) is 36.2 Å². The molecule has 0 bridgehead atoms. The van der Waals surface area contributed by atoms with Gasteiger partial charge in [0.25, 0.3) is 0 Å². The number of fused-ring (bicyclic) bond motifs is 1. The van der Waals surface area contributed by atoms with Gasteiger partial charge in [-0.2, -0.15) is 28.0 Å². The van der Waals surface area contributed by atoms with Crippen LogP contribution in [0.25, 0.3) is 5.65 Å². The van der Waals surface area contributed by atoms with Gasteiger partial charge >= 0.3 is 12.1 Å². The van der Waals surface area contributed by atoms with Crippen molar-refractivity contribution >= 4 is 44.5 Å². The number of anilines is 4. The number of aliphatic carboxylic acids is 1. The molecule has 1 aliphatic rings. The van der Waals surface area contributed by atoms with Crippen LogP contribution < -0.4 is 21.3 Å². The number of nitriles is 1. The van der Waals surface area contributed by atoms with Gasteiger partial charge in [0.2, 0.25) is 0 Å². The summed E-state index contributed by atoms with van der Waals surface area (Å²) in [7, 11) is -1.36. The number of nitrogens with two attached hydrogens (primary N) is 1. The molecule has 0 unspecified atom stereocenters. The number of carboxylic acids is 1. The Balaban J connectivity index is 0.000000532. The van der Waals surface area contributed by atoms with Gasteiger partial charge in [-0.1, -0.05) is 0 Å². The van der Waals surface area contributed by atoms with Crippen LogP contribution in [0, 0.1) is 11.3 Å². The van der Waals surface area contributed by atoms with Crippen LogP contribution in [0.15, 0.2) is 30.5 Å². The molecule has 2 heterocycles. The van der Waals surface area contributed by atoms with Crippen LogP contribution in [0.5, 0.6) is 0 Å². The fraction of sp³-hybridized carbons (Fsp3) is 0.391. The minimum absolute atomic E-state index is 0.0884. The van der Waals surface area contributed by atoms with Crippen molar-refractivity contribution in [2.75, 3.05) is 41.9 Å². The summed E-state index contributed by atoms with van der Waals surface area (Å²) in [6.45, 7) is 1.07. The smallest absolute Gasteiger partial charge is 0.475 e. The number of alkyl halides is 3. The minimum Gasteiger partial charge on any atom is -0.475 e. The van der Waals surface area contributed by atoms with Crippen molar-refractivity contribution in [2.45, 2.75) is 30.8 Å². The van der Waals surface area contributed by atoms with Gasteiger partial charge in [0.05, 0.1) is 11.9 Å². The van der Waals surface area contributed by atoms with Crippen molar-refractivity contribution in [3.05, 3.63) is 41.6 Å². The Morgan fingerprint density at radius 1 is 1.33 bits per heavy atom. The predicted molar refractivity (Wildman–Crippen MR) is 139 cm³/mol. The normalized spacial score (nSPS) is 13.3. The molecule has 1 aliphatic carbocycles. The summed E-state index contributed by atoms with van der Waals surface area (Å²) in [5, 5.41) is 27.5. The van der Waals surface area contributed by atoms with Crippen molar-refractivity contribution in [3.63, 3.8) is 0 Å². The van der Waals surface area contributed by atoms with Gasteiger partial charge in [-0.25, -0.2) is 18.2 Å². The number of halogens is 3. The molecule has 0 spiro atoms. The lowest BCUT2D eigenvalue weighted by atomic mass is 10.1. The third-order valence-corrected chi connectivity index (χ3v) is 6.24. The lowest BCUT2D eigenvalue weighted by molar-refractivity contribution is -0.192. The molecule has 1 aromatic carbocycles. The van der Waals surface area contributed by atoms with Gasteiger partial charge < -0.3 is 26.4 Å². The third-order valence-electron chi connectivity index (χ3n) is 5.41. The van der Waals surface area contributed by atoms with Gasteiger partial charge in [-0.3, -0.25) is 0 Å². The standard InChI is InChI=1S/C21H26N8O2S.C2HF3O2/c1-28(8-7-22)18-6-5-17(9-14(18)13-32(2,30)31)25-19-10-20(26-16-3-4-16)29-21(27-19)15(11-23)12-24-29;3-2(4,5)1(6)7/h5-6,9-10,12,16,26H,3-4,7-8,13,22H2,1-2H3,(H,25,27);(H,6,7). The van der Waals surface area contributed by atoms with Gasteiger partial charge in [-0.05, 0) is 36.6 Å². The number of nitrogens with zero attached hydrogens (tertiary/aromatic N) is 5. The van der Waals surface area contributed by atoms with E-state index >= 15 is 0 Å². The Bertz CT molecular complexity index is 1500. The molecule has 1 fully saturated rings. The van der Waals surface area contributed by atoms with Crippen molar-refractivity contribution in [1.29, 1.82) is 5.26 Å². The first-order valence-corrected chi connectivity index (χ1v) is 13.6. The van der Waals surface area contributed by atoms with Crippen molar-refractivity contribution < 1.29 is 31.5 Å². The third kappa shape index (κ3) is 8.19. The number of aromatic nitrogens is 3. The van der Waals surface area contributed by atoms with E-state index in [1.54, 1.807) is 4.52 Å². The molecule has 210 valence electrons. The molecular formula is C23H27F3N8O4S. The Labute approximate surface area is 222 Å². The Morgan fingerprint density at radius 2 is 2.00 bits per heavy atom. The van der Waals surface area contributed by atoms with E-state index < -0.39 is 22.0 Å². The van der Waals surface area contributed by atoms with Gasteiger partial charge in [-0.15, -0.1) is 0 Å². The first-order valence-electron chi connectivity index (χ1n) is 11.6. The van der Waals surface area contributed by atoms with E-state index in [9.17, 15) is 26.9 Å². The number of benzene rings is 1. The van der Waals surface area contributed by atoms with Gasteiger partial charge in [0.15, 0.2) is 15.5 Å². The van der Waals surface area contributed by atoms with Crippen LogP contribution in [-0.4, -0.2) is 72.7 Å². The Hall–Kier alpha value is -4.10. The molecule has 16 heteroatoms. The van der Waals surface area contributed by atoms with Gasteiger partial charge in [0, 0.05) is 49.9 Å². The number of rotatable bonds is 9. The highest BCUT2D eigenvalue weighted by atomic mass is 32.2. The fourth-order valence-electron chi connectivity index (χ4n) is 3.54. The largest absolute Gasteiger partial charge is 0.490 e. The molecule has 1 saturated carbocycles. The van der Waals surface area contributed by atoms with E-state index in [1.165, 1.54) is 12.5 Å². The topological polar surface area (TPSA) is 179 Å². The molecule has 0 radical (unpaired) electrons. The highest BCUT2D eigenvalue weighted by Crippen LogP contribution is 2.30. The summed E-state index contributed by atoms with van der Waals surface area (Å²) in [6, 6.07) is 9.90. The zero-order valence-electron chi connectivity index (χ0n) is 21.0. The second kappa shape index (κ2) is 11.7. The lowest BCUT2D eigenvalue weighted by Crippen LogP contribution is -2.26. The molecule has 3 aromatic rings. The second-order valence-corrected chi connectivity index (χ2v) is 11.0. The summed E-state index contributed by atoms with van der Waals surface area (Å²) >= 11 is 0.